The lowest BCUT2D eigenvalue weighted by Gasteiger charge is -2.09. The average molecular weight is 432 g/mol. The van der Waals surface area contributed by atoms with Crippen LogP contribution in [0.3, 0.4) is 0 Å². The average Bonchev–Trinajstić information content (AvgIpc) is 3.26. The van der Waals surface area contributed by atoms with E-state index in [0.29, 0.717) is 16.1 Å². The third kappa shape index (κ3) is 5.61. The van der Waals surface area contributed by atoms with Gasteiger partial charge in [0.2, 0.25) is 16.9 Å². The Morgan fingerprint density at radius 2 is 1.90 bits per heavy atom. The van der Waals surface area contributed by atoms with Crippen LogP contribution in [0.4, 0.5) is 10.8 Å². The first-order chi connectivity index (χ1) is 14.0. The monoisotopic (exact) mass is 431 g/mol. The van der Waals surface area contributed by atoms with Gasteiger partial charge in [-0.05, 0) is 25.0 Å². The van der Waals surface area contributed by atoms with E-state index in [9.17, 15) is 9.59 Å². The van der Waals surface area contributed by atoms with Gasteiger partial charge in [0.1, 0.15) is 10.8 Å². The summed E-state index contributed by atoms with van der Waals surface area (Å²) in [6, 6.07) is 7.70. The van der Waals surface area contributed by atoms with Crippen molar-refractivity contribution in [2.24, 2.45) is 7.05 Å². The summed E-state index contributed by atoms with van der Waals surface area (Å²) < 4.78 is 1.72. The van der Waals surface area contributed by atoms with Gasteiger partial charge in [0.15, 0.2) is 5.16 Å². The van der Waals surface area contributed by atoms with Crippen LogP contribution in [-0.4, -0.2) is 42.5 Å². The molecular formula is C18H21N7O2S2. The third-order valence-corrected chi connectivity index (χ3v) is 5.80. The van der Waals surface area contributed by atoms with Crippen molar-refractivity contribution in [3.8, 4) is 0 Å². The van der Waals surface area contributed by atoms with Crippen molar-refractivity contribution in [1.82, 2.24) is 25.0 Å². The third-order valence-electron chi connectivity index (χ3n) is 4.02. The van der Waals surface area contributed by atoms with E-state index in [0.717, 1.165) is 22.7 Å². The Balaban J connectivity index is 1.54. The standard InChI is InChI=1S/C18H21N7O2S2/c1-4-12-7-5-6-8-13(12)19-15(26)9-14-22-24-18(25(14)3)28-10-16(27)20-17-23-21-11(2)29-17/h5-8H,4,9-10H2,1-3H3,(H,19,26)(H,20,23,27). The predicted octanol–water partition coefficient (Wildman–Crippen LogP) is 2.45. The number of anilines is 2. The van der Waals surface area contributed by atoms with Crippen LogP contribution < -0.4 is 10.6 Å². The van der Waals surface area contributed by atoms with Gasteiger partial charge in [0.05, 0.1) is 12.2 Å². The van der Waals surface area contributed by atoms with Gasteiger partial charge >= 0.3 is 0 Å². The first-order valence-corrected chi connectivity index (χ1v) is 10.7. The van der Waals surface area contributed by atoms with Crippen LogP contribution in [0, 0.1) is 6.92 Å². The molecule has 29 heavy (non-hydrogen) atoms. The van der Waals surface area contributed by atoms with Crippen molar-refractivity contribution in [3.63, 3.8) is 0 Å². The molecule has 2 heterocycles. The molecule has 11 heteroatoms. The lowest BCUT2D eigenvalue weighted by atomic mass is 10.1. The molecule has 0 aliphatic heterocycles. The van der Waals surface area contributed by atoms with Crippen molar-refractivity contribution in [1.29, 1.82) is 0 Å². The van der Waals surface area contributed by atoms with Crippen LogP contribution in [-0.2, 0) is 29.5 Å². The number of hydrogen-bond acceptors (Lipinski definition) is 8. The first kappa shape index (κ1) is 20.9. The molecule has 152 valence electrons. The molecule has 0 unspecified atom stereocenters. The van der Waals surface area contributed by atoms with Gasteiger partial charge in [-0.15, -0.1) is 20.4 Å². The molecule has 3 aromatic rings. The lowest BCUT2D eigenvalue weighted by Crippen LogP contribution is -2.18. The Bertz CT molecular complexity index is 1020. The number of aryl methyl sites for hydroxylation is 2. The molecule has 0 radical (unpaired) electrons. The Morgan fingerprint density at radius 3 is 2.62 bits per heavy atom. The summed E-state index contributed by atoms with van der Waals surface area (Å²) in [5.74, 6) is 0.312. The minimum atomic E-state index is -0.204. The number of benzene rings is 1. The maximum atomic E-state index is 12.4. The molecule has 0 saturated carbocycles. The number of carbonyl (C=O) groups is 2. The maximum Gasteiger partial charge on any atom is 0.236 e. The van der Waals surface area contributed by atoms with E-state index >= 15 is 0 Å². The van der Waals surface area contributed by atoms with Gasteiger partial charge in [0, 0.05) is 12.7 Å². The number of para-hydroxylation sites is 1. The molecular weight excluding hydrogens is 410 g/mol. The SMILES string of the molecule is CCc1ccccc1NC(=O)Cc1nnc(SCC(=O)Nc2nnc(C)s2)n1C. The van der Waals surface area contributed by atoms with E-state index in [4.69, 9.17) is 0 Å². The second-order valence-corrected chi connectivity index (χ2v) is 8.28. The van der Waals surface area contributed by atoms with Crippen LogP contribution >= 0.6 is 23.1 Å². The quantitative estimate of drug-likeness (QED) is 0.527. The van der Waals surface area contributed by atoms with Crippen molar-refractivity contribution in [2.45, 2.75) is 31.8 Å². The van der Waals surface area contributed by atoms with Crippen LogP contribution in [0.1, 0.15) is 23.3 Å². The molecule has 2 aromatic heterocycles. The Labute approximate surface area is 176 Å². The number of nitrogens with one attached hydrogen (secondary N) is 2. The molecule has 0 spiro atoms. The molecule has 9 nitrogen and oxygen atoms in total. The van der Waals surface area contributed by atoms with Crippen molar-refractivity contribution >= 4 is 45.7 Å². The first-order valence-electron chi connectivity index (χ1n) is 8.95. The molecule has 0 saturated heterocycles. The fraction of sp³-hybridized carbons (Fsp3) is 0.333. The number of nitrogens with zero attached hydrogens (tertiary/aromatic N) is 5. The predicted molar refractivity (Wildman–Crippen MR) is 113 cm³/mol. The number of aromatic nitrogens is 5. The van der Waals surface area contributed by atoms with E-state index in [2.05, 4.69) is 31.0 Å². The van der Waals surface area contributed by atoms with E-state index in [1.54, 1.807) is 11.6 Å². The van der Waals surface area contributed by atoms with Crippen molar-refractivity contribution in [3.05, 3.63) is 40.7 Å². The number of carbonyl (C=O) groups excluding carboxylic acids is 2. The minimum Gasteiger partial charge on any atom is -0.325 e. The van der Waals surface area contributed by atoms with Gasteiger partial charge in [-0.1, -0.05) is 48.2 Å². The van der Waals surface area contributed by atoms with Crippen LogP contribution in [0.25, 0.3) is 0 Å². The van der Waals surface area contributed by atoms with Gasteiger partial charge < -0.3 is 9.88 Å². The van der Waals surface area contributed by atoms with Crippen molar-refractivity contribution in [2.75, 3.05) is 16.4 Å². The second-order valence-electron chi connectivity index (χ2n) is 6.16. The van der Waals surface area contributed by atoms with Crippen LogP contribution in [0.15, 0.2) is 29.4 Å². The fourth-order valence-electron chi connectivity index (χ4n) is 2.55. The van der Waals surface area contributed by atoms with Gasteiger partial charge in [-0.3, -0.25) is 14.9 Å². The highest BCUT2D eigenvalue weighted by Crippen LogP contribution is 2.19. The highest BCUT2D eigenvalue weighted by molar-refractivity contribution is 7.99. The van der Waals surface area contributed by atoms with Crippen molar-refractivity contribution < 1.29 is 9.59 Å². The zero-order valence-electron chi connectivity index (χ0n) is 16.3. The molecule has 0 aliphatic carbocycles. The minimum absolute atomic E-state index is 0.0956. The van der Waals surface area contributed by atoms with E-state index < -0.39 is 0 Å². The van der Waals surface area contributed by atoms with E-state index in [1.807, 2.05) is 38.1 Å². The number of amides is 2. The molecule has 2 amide bonds. The Hall–Kier alpha value is -2.79. The number of rotatable bonds is 8. The molecule has 3 rings (SSSR count). The highest BCUT2D eigenvalue weighted by atomic mass is 32.2. The lowest BCUT2D eigenvalue weighted by molar-refractivity contribution is -0.116. The summed E-state index contributed by atoms with van der Waals surface area (Å²) in [5, 5.41) is 23.3. The molecule has 2 N–H and O–H groups in total. The Morgan fingerprint density at radius 1 is 1.10 bits per heavy atom. The summed E-state index contributed by atoms with van der Waals surface area (Å²) >= 11 is 2.56. The summed E-state index contributed by atoms with van der Waals surface area (Å²) in [7, 11) is 1.77. The van der Waals surface area contributed by atoms with E-state index in [-0.39, 0.29) is 24.0 Å². The number of thioether (sulfide) groups is 1. The number of hydrogen-bond donors (Lipinski definition) is 2. The van der Waals surface area contributed by atoms with Gasteiger partial charge in [0.25, 0.3) is 0 Å². The molecule has 0 bridgehead atoms. The molecule has 0 atom stereocenters. The highest BCUT2D eigenvalue weighted by Gasteiger charge is 2.15. The zero-order valence-corrected chi connectivity index (χ0v) is 17.9. The molecule has 0 aliphatic rings. The second kappa shape index (κ2) is 9.61. The molecule has 1 aromatic carbocycles. The van der Waals surface area contributed by atoms with Crippen LogP contribution in [0.2, 0.25) is 0 Å². The fourth-order valence-corrected chi connectivity index (χ4v) is 3.88. The maximum absolute atomic E-state index is 12.4. The van der Waals surface area contributed by atoms with Gasteiger partial charge in [-0.25, -0.2) is 0 Å². The Kier molecular flexibility index (Phi) is 6.94. The zero-order chi connectivity index (χ0) is 20.8. The smallest absolute Gasteiger partial charge is 0.236 e. The summed E-state index contributed by atoms with van der Waals surface area (Å²) in [4.78, 5) is 24.4. The van der Waals surface area contributed by atoms with E-state index in [1.165, 1.54) is 23.1 Å². The molecule has 0 fully saturated rings. The summed E-state index contributed by atoms with van der Waals surface area (Å²) in [6.07, 6.45) is 0.929. The largest absolute Gasteiger partial charge is 0.325 e. The summed E-state index contributed by atoms with van der Waals surface area (Å²) in [5.41, 5.74) is 1.88. The van der Waals surface area contributed by atoms with Gasteiger partial charge in [-0.2, -0.15) is 0 Å². The summed E-state index contributed by atoms with van der Waals surface area (Å²) in [6.45, 7) is 3.86. The topological polar surface area (TPSA) is 115 Å². The van der Waals surface area contributed by atoms with Crippen LogP contribution in [0.5, 0.6) is 0 Å². The normalized spacial score (nSPS) is 10.7.